The maximum Gasteiger partial charge on any atom is 0.0672 e. The van der Waals surface area contributed by atoms with E-state index in [4.69, 9.17) is 9.84 Å². The fourth-order valence-corrected chi connectivity index (χ4v) is 3.17. The van der Waals surface area contributed by atoms with Crippen LogP contribution in [0.2, 0.25) is 0 Å². The number of aromatic nitrogens is 2. The van der Waals surface area contributed by atoms with Crippen LogP contribution in [-0.4, -0.2) is 29.5 Å². The van der Waals surface area contributed by atoms with E-state index in [2.05, 4.69) is 30.8 Å². The molecule has 4 heteroatoms. The molecule has 1 fully saturated rings. The molecule has 2 heterocycles. The molecule has 0 spiro atoms. The van der Waals surface area contributed by atoms with Crippen LogP contribution in [0.4, 0.5) is 0 Å². The van der Waals surface area contributed by atoms with Gasteiger partial charge < -0.3 is 10.1 Å². The Labute approximate surface area is 122 Å². The fourth-order valence-electron chi connectivity index (χ4n) is 3.17. The molecular weight excluding hydrogens is 250 g/mol. The van der Waals surface area contributed by atoms with Crippen molar-refractivity contribution in [1.29, 1.82) is 0 Å². The Morgan fingerprint density at radius 1 is 1.40 bits per heavy atom. The van der Waals surface area contributed by atoms with Gasteiger partial charge in [0.1, 0.15) is 0 Å². The van der Waals surface area contributed by atoms with Gasteiger partial charge in [-0.1, -0.05) is 13.8 Å². The molecule has 1 saturated heterocycles. The number of hydrogen-bond donors (Lipinski definition) is 1. The molecule has 20 heavy (non-hydrogen) atoms. The standard InChI is InChI=1S/C16H29N3O/c1-5-14-16(12(3)17-4)15(6-2)19(18-14)10-9-13-8-7-11-20-13/h12-13,17H,5-11H2,1-4H3. The predicted octanol–water partition coefficient (Wildman–Crippen LogP) is 2.86. The van der Waals surface area contributed by atoms with Gasteiger partial charge >= 0.3 is 0 Å². The van der Waals surface area contributed by atoms with Gasteiger partial charge in [0, 0.05) is 30.5 Å². The number of nitrogens with one attached hydrogen (secondary N) is 1. The Bertz CT molecular complexity index is 422. The van der Waals surface area contributed by atoms with Gasteiger partial charge in [-0.25, -0.2) is 0 Å². The van der Waals surface area contributed by atoms with Crippen LogP contribution in [0.25, 0.3) is 0 Å². The molecule has 0 aromatic carbocycles. The van der Waals surface area contributed by atoms with Crippen molar-refractivity contribution in [2.75, 3.05) is 13.7 Å². The molecule has 0 bridgehead atoms. The van der Waals surface area contributed by atoms with Crippen molar-refractivity contribution in [3.8, 4) is 0 Å². The Morgan fingerprint density at radius 2 is 2.20 bits per heavy atom. The van der Waals surface area contributed by atoms with E-state index in [1.165, 1.54) is 29.8 Å². The lowest BCUT2D eigenvalue weighted by Gasteiger charge is -2.14. The number of hydrogen-bond acceptors (Lipinski definition) is 3. The van der Waals surface area contributed by atoms with Gasteiger partial charge in [-0.15, -0.1) is 0 Å². The van der Waals surface area contributed by atoms with Crippen LogP contribution in [0.5, 0.6) is 0 Å². The van der Waals surface area contributed by atoms with Crippen molar-refractivity contribution in [2.45, 2.75) is 71.6 Å². The Balaban J connectivity index is 2.16. The quantitative estimate of drug-likeness (QED) is 0.834. The molecule has 1 aliphatic rings. The maximum atomic E-state index is 5.73. The molecule has 1 aliphatic heterocycles. The highest BCUT2D eigenvalue weighted by Gasteiger charge is 2.21. The third kappa shape index (κ3) is 3.23. The van der Waals surface area contributed by atoms with Crippen molar-refractivity contribution in [1.82, 2.24) is 15.1 Å². The number of rotatable bonds is 7. The number of ether oxygens (including phenoxy) is 1. The van der Waals surface area contributed by atoms with Gasteiger partial charge in [0.2, 0.25) is 0 Å². The lowest BCUT2D eigenvalue weighted by atomic mass is 10.0. The monoisotopic (exact) mass is 279 g/mol. The molecule has 114 valence electrons. The van der Waals surface area contributed by atoms with Crippen LogP contribution in [0.1, 0.15) is 63.0 Å². The summed E-state index contributed by atoms with van der Waals surface area (Å²) in [5.74, 6) is 0. The zero-order valence-electron chi connectivity index (χ0n) is 13.4. The molecule has 0 aliphatic carbocycles. The molecule has 2 atom stereocenters. The van der Waals surface area contributed by atoms with Gasteiger partial charge in [0.15, 0.2) is 0 Å². The first-order valence-electron chi connectivity index (χ1n) is 8.08. The first kappa shape index (κ1) is 15.5. The maximum absolute atomic E-state index is 5.73. The first-order valence-corrected chi connectivity index (χ1v) is 8.08. The van der Waals surface area contributed by atoms with E-state index in [1.807, 2.05) is 7.05 Å². The summed E-state index contributed by atoms with van der Waals surface area (Å²) in [6.07, 6.45) is 6.00. The molecular formula is C16H29N3O. The second-order valence-corrected chi connectivity index (χ2v) is 5.67. The van der Waals surface area contributed by atoms with Gasteiger partial charge in [0.05, 0.1) is 11.8 Å². The van der Waals surface area contributed by atoms with Crippen LogP contribution in [0, 0.1) is 0 Å². The normalized spacial score (nSPS) is 20.5. The van der Waals surface area contributed by atoms with Crippen LogP contribution >= 0.6 is 0 Å². The summed E-state index contributed by atoms with van der Waals surface area (Å²) in [6.45, 7) is 8.56. The van der Waals surface area contributed by atoms with E-state index in [9.17, 15) is 0 Å². The van der Waals surface area contributed by atoms with E-state index >= 15 is 0 Å². The van der Waals surface area contributed by atoms with Gasteiger partial charge in [0.25, 0.3) is 0 Å². The second-order valence-electron chi connectivity index (χ2n) is 5.67. The molecule has 1 aromatic rings. The fraction of sp³-hybridized carbons (Fsp3) is 0.812. The molecule has 4 nitrogen and oxygen atoms in total. The average Bonchev–Trinajstić information content (AvgIpc) is 3.10. The summed E-state index contributed by atoms with van der Waals surface area (Å²) in [5.41, 5.74) is 4.04. The summed E-state index contributed by atoms with van der Waals surface area (Å²) in [4.78, 5) is 0. The zero-order chi connectivity index (χ0) is 14.5. The molecule has 2 unspecified atom stereocenters. The summed E-state index contributed by atoms with van der Waals surface area (Å²) in [7, 11) is 2.02. The van der Waals surface area contributed by atoms with Crippen LogP contribution in [0.3, 0.4) is 0 Å². The molecule has 0 saturated carbocycles. The minimum absolute atomic E-state index is 0.372. The third-order valence-corrected chi connectivity index (χ3v) is 4.40. The molecule has 0 radical (unpaired) electrons. The highest BCUT2D eigenvalue weighted by molar-refractivity contribution is 5.30. The summed E-state index contributed by atoms with van der Waals surface area (Å²) >= 11 is 0. The number of nitrogens with zero attached hydrogens (tertiary/aromatic N) is 2. The molecule has 1 N–H and O–H groups in total. The first-order chi connectivity index (χ1) is 9.71. The highest BCUT2D eigenvalue weighted by Crippen LogP contribution is 2.24. The predicted molar refractivity (Wildman–Crippen MR) is 82.0 cm³/mol. The minimum atomic E-state index is 0.372. The molecule has 1 aromatic heterocycles. The topological polar surface area (TPSA) is 39.1 Å². The summed E-state index contributed by atoms with van der Waals surface area (Å²) in [5, 5.41) is 8.21. The van der Waals surface area contributed by atoms with Gasteiger partial charge in [-0.3, -0.25) is 4.68 Å². The van der Waals surface area contributed by atoms with E-state index in [1.54, 1.807) is 0 Å². The van der Waals surface area contributed by atoms with Gasteiger partial charge in [-0.05, 0) is 46.1 Å². The zero-order valence-corrected chi connectivity index (χ0v) is 13.4. The highest BCUT2D eigenvalue weighted by atomic mass is 16.5. The van der Waals surface area contributed by atoms with E-state index in [0.29, 0.717) is 12.1 Å². The van der Waals surface area contributed by atoms with Gasteiger partial charge in [-0.2, -0.15) is 5.10 Å². The van der Waals surface area contributed by atoms with E-state index < -0.39 is 0 Å². The molecule has 2 rings (SSSR count). The van der Waals surface area contributed by atoms with Crippen molar-refractivity contribution in [3.63, 3.8) is 0 Å². The Hall–Kier alpha value is -0.870. The van der Waals surface area contributed by atoms with E-state index in [-0.39, 0.29) is 0 Å². The van der Waals surface area contributed by atoms with Crippen molar-refractivity contribution in [3.05, 3.63) is 17.0 Å². The lowest BCUT2D eigenvalue weighted by molar-refractivity contribution is 0.0992. The minimum Gasteiger partial charge on any atom is -0.378 e. The van der Waals surface area contributed by atoms with Crippen molar-refractivity contribution < 1.29 is 4.74 Å². The van der Waals surface area contributed by atoms with Crippen LogP contribution in [0.15, 0.2) is 0 Å². The Morgan fingerprint density at radius 3 is 2.75 bits per heavy atom. The van der Waals surface area contributed by atoms with E-state index in [0.717, 1.165) is 32.4 Å². The third-order valence-electron chi connectivity index (χ3n) is 4.40. The number of aryl methyl sites for hydroxylation is 2. The second kappa shape index (κ2) is 7.23. The summed E-state index contributed by atoms with van der Waals surface area (Å²) < 4.78 is 7.95. The summed E-state index contributed by atoms with van der Waals surface area (Å²) in [6, 6.07) is 0.372. The average molecular weight is 279 g/mol. The largest absolute Gasteiger partial charge is 0.378 e. The van der Waals surface area contributed by atoms with Crippen molar-refractivity contribution >= 4 is 0 Å². The van der Waals surface area contributed by atoms with Crippen molar-refractivity contribution in [2.24, 2.45) is 0 Å². The molecule has 0 amide bonds. The lowest BCUT2D eigenvalue weighted by Crippen LogP contribution is -2.16. The van der Waals surface area contributed by atoms with Crippen LogP contribution in [-0.2, 0) is 24.1 Å². The Kier molecular flexibility index (Phi) is 5.61. The SMILES string of the molecule is CCc1nn(CCC2CCCO2)c(CC)c1C(C)NC. The smallest absolute Gasteiger partial charge is 0.0672 e. The van der Waals surface area contributed by atoms with Crippen LogP contribution < -0.4 is 5.32 Å².